The molecule has 3 atom stereocenters. The Morgan fingerprint density at radius 3 is 2.46 bits per heavy atom. The third-order valence-corrected chi connectivity index (χ3v) is 8.99. The maximum Gasteiger partial charge on any atom is 0.408 e. The van der Waals surface area contributed by atoms with E-state index in [2.05, 4.69) is 10.3 Å². The first-order valence-corrected chi connectivity index (χ1v) is 14.9. The van der Waals surface area contributed by atoms with Crippen molar-refractivity contribution >= 4 is 17.1 Å². The van der Waals surface area contributed by atoms with Gasteiger partial charge in [-0.05, 0) is 98.0 Å². The fourth-order valence-corrected chi connectivity index (χ4v) is 6.92. The first-order chi connectivity index (χ1) is 19.3. The van der Waals surface area contributed by atoms with Gasteiger partial charge in [0.2, 0.25) is 5.88 Å². The number of aromatic nitrogens is 2. The summed E-state index contributed by atoms with van der Waals surface area (Å²) in [5.41, 5.74) is 0.406. The molecule has 0 radical (unpaired) electrons. The lowest BCUT2D eigenvalue weighted by atomic mass is 9.69. The van der Waals surface area contributed by atoms with E-state index in [1.54, 1.807) is 6.07 Å². The van der Waals surface area contributed by atoms with Gasteiger partial charge >= 0.3 is 6.09 Å². The zero-order valence-electron chi connectivity index (χ0n) is 24.8. The number of nitrogens with one attached hydrogen (secondary N) is 1. The minimum Gasteiger partial charge on any atom is -0.477 e. The van der Waals surface area contributed by atoms with Crippen LogP contribution >= 0.6 is 0 Å². The van der Waals surface area contributed by atoms with Crippen molar-refractivity contribution in [3.8, 4) is 5.88 Å². The molecule has 5 aliphatic rings. The van der Waals surface area contributed by atoms with E-state index in [9.17, 15) is 4.79 Å². The number of carbonyl (C=O) groups is 1. The van der Waals surface area contributed by atoms with E-state index >= 15 is 4.39 Å². The molecule has 0 unspecified atom stereocenters. The zero-order valence-corrected chi connectivity index (χ0v) is 24.8. The van der Waals surface area contributed by atoms with Gasteiger partial charge in [-0.3, -0.25) is 4.98 Å². The Kier molecular flexibility index (Phi) is 7.18. The normalized spacial score (nSPS) is 32.2. The highest BCUT2D eigenvalue weighted by molar-refractivity contribution is 5.78. The first kappa shape index (κ1) is 28.6. The number of nitrogens with zero attached hydrogens (tertiary/aromatic N) is 2. The Labute approximate surface area is 240 Å². The number of fused-ring (bicyclic) bond motifs is 5. The van der Waals surface area contributed by atoms with Gasteiger partial charge in [0.1, 0.15) is 11.4 Å². The van der Waals surface area contributed by atoms with Crippen molar-refractivity contribution in [3.05, 3.63) is 29.7 Å². The fourth-order valence-electron chi connectivity index (χ4n) is 6.92. The molecule has 2 aromatic heterocycles. The lowest BCUT2D eigenvalue weighted by Gasteiger charge is -2.53. The van der Waals surface area contributed by atoms with E-state index in [4.69, 9.17) is 28.7 Å². The van der Waals surface area contributed by atoms with E-state index < -0.39 is 23.0 Å². The average molecular weight is 572 g/mol. The van der Waals surface area contributed by atoms with Crippen molar-refractivity contribution in [3.63, 3.8) is 0 Å². The maximum atomic E-state index is 15.1. The molecule has 0 spiro atoms. The van der Waals surface area contributed by atoms with Crippen molar-refractivity contribution in [2.45, 2.75) is 121 Å². The van der Waals surface area contributed by atoms with Crippen LogP contribution < -0.4 is 10.1 Å². The van der Waals surface area contributed by atoms with Crippen LogP contribution in [0, 0.1) is 11.7 Å². The summed E-state index contributed by atoms with van der Waals surface area (Å²) in [6.45, 7) is 10.4. The number of hydrogen-bond donors (Lipinski definition) is 1. The SMILES string of the molecule is CC(C)(C)OC(=O)NC12CCC(CCc3c(F)cnc4ccc(OC[C@H]5C[C@@H]6OC(C)(C)O[C@@H]6C5)nc34)(CC1)OC2. The fraction of sp³-hybridized carbons (Fsp3) is 0.710. The molecular weight excluding hydrogens is 529 g/mol. The van der Waals surface area contributed by atoms with Crippen LogP contribution in [0.1, 0.15) is 85.1 Å². The number of halogens is 1. The van der Waals surface area contributed by atoms with Gasteiger partial charge in [-0.1, -0.05) is 0 Å². The van der Waals surface area contributed by atoms with E-state index in [0.29, 0.717) is 54.5 Å². The molecule has 2 saturated carbocycles. The van der Waals surface area contributed by atoms with Crippen LogP contribution in [-0.2, 0) is 25.4 Å². The summed E-state index contributed by atoms with van der Waals surface area (Å²) in [6, 6.07) is 3.63. The quantitative estimate of drug-likeness (QED) is 0.457. The molecular formula is C31H42FN3O6. The second-order valence-corrected chi connectivity index (χ2v) is 13.8. The van der Waals surface area contributed by atoms with Crippen molar-refractivity contribution < 1.29 is 32.9 Å². The van der Waals surface area contributed by atoms with Crippen LogP contribution in [-0.4, -0.2) is 64.0 Å². The van der Waals surface area contributed by atoms with Crippen molar-refractivity contribution in [1.29, 1.82) is 0 Å². The summed E-state index contributed by atoms with van der Waals surface area (Å²) in [6.07, 6.45) is 7.19. The molecule has 41 heavy (non-hydrogen) atoms. The Hall–Kier alpha value is -2.56. The van der Waals surface area contributed by atoms with Crippen LogP contribution in [0.25, 0.3) is 11.0 Å². The molecule has 5 fully saturated rings. The summed E-state index contributed by atoms with van der Waals surface area (Å²) >= 11 is 0. The molecule has 2 aromatic rings. The van der Waals surface area contributed by atoms with Gasteiger partial charge < -0.3 is 29.0 Å². The number of pyridine rings is 2. The van der Waals surface area contributed by atoms with Gasteiger partial charge in [0.25, 0.3) is 0 Å². The van der Waals surface area contributed by atoms with Crippen LogP contribution in [0.15, 0.2) is 18.3 Å². The predicted octanol–water partition coefficient (Wildman–Crippen LogP) is 5.62. The van der Waals surface area contributed by atoms with Crippen molar-refractivity contribution in [2.24, 2.45) is 5.92 Å². The van der Waals surface area contributed by atoms with E-state index in [0.717, 1.165) is 38.5 Å². The molecule has 2 bridgehead atoms. The highest BCUT2D eigenvalue weighted by Gasteiger charge is 2.51. The van der Waals surface area contributed by atoms with Crippen molar-refractivity contribution in [2.75, 3.05) is 13.2 Å². The second-order valence-electron chi connectivity index (χ2n) is 13.8. The molecule has 224 valence electrons. The predicted molar refractivity (Wildman–Crippen MR) is 149 cm³/mol. The second kappa shape index (κ2) is 10.3. The summed E-state index contributed by atoms with van der Waals surface area (Å²) < 4.78 is 45.1. The van der Waals surface area contributed by atoms with Crippen LogP contribution in [0.4, 0.5) is 9.18 Å². The van der Waals surface area contributed by atoms with Gasteiger partial charge in [-0.15, -0.1) is 0 Å². The maximum absolute atomic E-state index is 15.1. The molecule has 2 aliphatic carbocycles. The smallest absolute Gasteiger partial charge is 0.408 e. The third kappa shape index (κ3) is 6.15. The third-order valence-electron chi connectivity index (χ3n) is 8.99. The average Bonchev–Trinajstić information content (AvgIpc) is 3.39. The summed E-state index contributed by atoms with van der Waals surface area (Å²) in [7, 11) is 0. The number of aryl methyl sites for hydroxylation is 1. The van der Waals surface area contributed by atoms with Crippen LogP contribution in [0.2, 0.25) is 0 Å². The summed E-state index contributed by atoms with van der Waals surface area (Å²) in [5.74, 6) is -0.108. The molecule has 5 heterocycles. The number of amides is 1. The Bertz CT molecular complexity index is 1270. The molecule has 1 N–H and O–H groups in total. The van der Waals surface area contributed by atoms with Gasteiger partial charge in [0.05, 0.1) is 53.8 Å². The minimum atomic E-state index is -0.554. The lowest BCUT2D eigenvalue weighted by molar-refractivity contribution is -0.163. The number of ether oxygens (including phenoxy) is 5. The van der Waals surface area contributed by atoms with E-state index in [1.165, 1.54) is 6.20 Å². The number of carbonyl (C=O) groups excluding carboxylic acids is 1. The Morgan fingerprint density at radius 1 is 1.12 bits per heavy atom. The molecule has 7 rings (SSSR count). The van der Waals surface area contributed by atoms with Crippen molar-refractivity contribution in [1.82, 2.24) is 15.3 Å². The monoisotopic (exact) mass is 571 g/mol. The number of hydrogen-bond acceptors (Lipinski definition) is 8. The first-order valence-electron chi connectivity index (χ1n) is 14.9. The summed E-state index contributed by atoms with van der Waals surface area (Å²) in [5, 5.41) is 3.06. The van der Waals surface area contributed by atoms with Gasteiger partial charge in [0.15, 0.2) is 5.79 Å². The Balaban J connectivity index is 1.08. The zero-order chi connectivity index (χ0) is 29.0. The molecule has 0 aromatic carbocycles. The van der Waals surface area contributed by atoms with Gasteiger partial charge in [-0.2, -0.15) is 0 Å². The standard InChI is InChI=1S/C31H42FN3O6/c1-28(2,3)41-27(36)35-30-10-12-31(13-11-30,38-18-30)9-8-20-21(32)16-33-22-6-7-25(34-26(20)22)37-17-19-14-23-24(15-19)40-29(4,5)39-23/h6-7,16,19,23-24H,8-15,17-18H2,1-5H3,(H,35,36)/t19-,23-,24+,30?,31?. The van der Waals surface area contributed by atoms with E-state index in [-0.39, 0.29) is 23.6 Å². The van der Waals surface area contributed by atoms with E-state index in [1.807, 2.05) is 40.7 Å². The number of rotatable bonds is 7. The molecule has 3 saturated heterocycles. The Morgan fingerprint density at radius 2 is 1.83 bits per heavy atom. The van der Waals surface area contributed by atoms with Gasteiger partial charge in [0, 0.05) is 11.6 Å². The lowest BCUT2D eigenvalue weighted by Crippen LogP contribution is -2.63. The summed E-state index contributed by atoms with van der Waals surface area (Å²) in [4.78, 5) is 21.4. The largest absolute Gasteiger partial charge is 0.477 e. The number of alkyl carbamates (subject to hydrolysis) is 1. The van der Waals surface area contributed by atoms with Gasteiger partial charge in [-0.25, -0.2) is 14.2 Å². The molecule has 1 amide bonds. The van der Waals surface area contributed by atoms with Crippen LogP contribution in [0.3, 0.4) is 0 Å². The topological polar surface area (TPSA) is 101 Å². The highest BCUT2D eigenvalue weighted by atomic mass is 19.1. The highest BCUT2D eigenvalue weighted by Crippen LogP contribution is 2.46. The minimum absolute atomic E-state index is 0.104. The molecule has 3 aliphatic heterocycles. The molecule has 9 nitrogen and oxygen atoms in total. The molecule has 10 heteroatoms. The van der Waals surface area contributed by atoms with Crippen LogP contribution in [0.5, 0.6) is 5.88 Å².